The number of amides is 1. The van der Waals surface area contributed by atoms with Crippen LogP contribution in [-0.2, 0) is 20.7 Å². The maximum absolute atomic E-state index is 12.0. The monoisotopic (exact) mass is 319 g/mol. The van der Waals surface area contributed by atoms with Gasteiger partial charge in [-0.1, -0.05) is 12.1 Å². The molecule has 3 rings (SSSR count). The standard InChI is InChI=1S/C18H25NO4/c1-21-15-7-4-14(5-8-15)6-9-17(20)19-12-16-13-22-18(23-16)10-2-3-11-18/h4-5,7-8,16H,2-3,6,9-13H2,1H3,(H,19,20)/t16-/m0/s1. The fraction of sp³-hybridized carbons (Fsp3) is 0.611. The molecule has 1 spiro atoms. The average Bonchev–Trinajstić information content (AvgIpc) is 3.21. The Balaban J connectivity index is 1.36. The van der Waals surface area contributed by atoms with Gasteiger partial charge in [0.25, 0.3) is 0 Å². The van der Waals surface area contributed by atoms with E-state index in [1.807, 2.05) is 24.3 Å². The highest BCUT2D eigenvalue weighted by Crippen LogP contribution is 2.38. The highest BCUT2D eigenvalue weighted by atomic mass is 16.7. The van der Waals surface area contributed by atoms with Crippen molar-refractivity contribution in [1.82, 2.24) is 5.32 Å². The first-order valence-electron chi connectivity index (χ1n) is 8.40. The molecular formula is C18H25NO4. The summed E-state index contributed by atoms with van der Waals surface area (Å²) >= 11 is 0. The molecule has 1 aliphatic carbocycles. The summed E-state index contributed by atoms with van der Waals surface area (Å²) in [6, 6.07) is 7.81. The summed E-state index contributed by atoms with van der Waals surface area (Å²) in [4.78, 5) is 12.0. The second-order valence-corrected chi connectivity index (χ2v) is 6.32. The van der Waals surface area contributed by atoms with Crippen molar-refractivity contribution < 1.29 is 19.0 Å². The molecule has 1 amide bonds. The van der Waals surface area contributed by atoms with Gasteiger partial charge in [-0.2, -0.15) is 0 Å². The van der Waals surface area contributed by atoms with Crippen LogP contribution in [0.2, 0.25) is 0 Å². The third-order valence-corrected chi connectivity index (χ3v) is 4.61. The zero-order valence-electron chi connectivity index (χ0n) is 13.7. The molecule has 1 saturated carbocycles. The molecule has 1 heterocycles. The molecule has 0 aromatic heterocycles. The quantitative estimate of drug-likeness (QED) is 0.875. The Morgan fingerprint density at radius 1 is 1.30 bits per heavy atom. The number of rotatable bonds is 6. The summed E-state index contributed by atoms with van der Waals surface area (Å²) in [5.41, 5.74) is 1.13. The lowest BCUT2D eigenvalue weighted by molar-refractivity contribution is -0.161. The molecule has 1 aromatic carbocycles. The Kier molecular flexibility index (Phi) is 5.18. The molecule has 5 nitrogen and oxygen atoms in total. The van der Waals surface area contributed by atoms with Gasteiger partial charge in [0.05, 0.1) is 13.7 Å². The minimum Gasteiger partial charge on any atom is -0.497 e. The lowest BCUT2D eigenvalue weighted by Crippen LogP contribution is -2.35. The number of carbonyl (C=O) groups is 1. The van der Waals surface area contributed by atoms with Gasteiger partial charge in [0.2, 0.25) is 5.91 Å². The van der Waals surface area contributed by atoms with E-state index >= 15 is 0 Å². The van der Waals surface area contributed by atoms with Crippen LogP contribution in [0.15, 0.2) is 24.3 Å². The molecule has 1 saturated heterocycles. The fourth-order valence-corrected chi connectivity index (χ4v) is 3.26. The predicted octanol–water partition coefficient (Wildman–Crippen LogP) is 2.43. The molecule has 126 valence electrons. The second kappa shape index (κ2) is 7.32. The molecular weight excluding hydrogens is 294 g/mol. The predicted molar refractivity (Wildman–Crippen MR) is 86.3 cm³/mol. The summed E-state index contributed by atoms with van der Waals surface area (Å²) in [5, 5.41) is 2.96. The van der Waals surface area contributed by atoms with E-state index in [2.05, 4.69) is 5.32 Å². The van der Waals surface area contributed by atoms with E-state index in [4.69, 9.17) is 14.2 Å². The minimum absolute atomic E-state index is 0.0157. The van der Waals surface area contributed by atoms with Crippen LogP contribution in [0.3, 0.4) is 0 Å². The third-order valence-electron chi connectivity index (χ3n) is 4.61. The normalized spacial score (nSPS) is 22.4. The summed E-state index contributed by atoms with van der Waals surface area (Å²) in [6.07, 6.45) is 5.48. The zero-order valence-corrected chi connectivity index (χ0v) is 13.7. The summed E-state index contributed by atoms with van der Waals surface area (Å²) < 4.78 is 16.9. The molecule has 1 aliphatic heterocycles. The maximum atomic E-state index is 12.0. The van der Waals surface area contributed by atoms with Crippen molar-refractivity contribution >= 4 is 5.91 Å². The topological polar surface area (TPSA) is 56.8 Å². The van der Waals surface area contributed by atoms with Crippen molar-refractivity contribution in [2.24, 2.45) is 0 Å². The van der Waals surface area contributed by atoms with Crippen LogP contribution in [0.4, 0.5) is 0 Å². The molecule has 2 aliphatic rings. The first-order valence-corrected chi connectivity index (χ1v) is 8.40. The van der Waals surface area contributed by atoms with Gasteiger partial charge < -0.3 is 19.5 Å². The van der Waals surface area contributed by atoms with Crippen molar-refractivity contribution in [2.75, 3.05) is 20.3 Å². The van der Waals surface area contributed by atoms with Crippen LogP contribution in [0.5, 0.6) is 5.75 Å². The molecule has 5 heteroatoms. The van der Waals surface area contributed by atoms with Crippen LogP contribution in [0, 0.1) is 0 Å². The SMILES string of the molecule is COc1ccc(CCC(=O)NC[C@H]2COC3(CCCC3)O2)cc1. The zero-order chi connectivity index (χ0) is 16.1. The van der Waals surface area contributed by atoms with Gasteiger partial charge in [0.1, 0.15) is 11.9 Å². The molecule has 0 radical (unpaired) electrons. The Hall–Kier alpha value is -1.59. The van der Waals surface area contributed by atoms with Crippen LogP contribution >= 0.6 is 0 Å². The summed E-state index contributed by atoms with van der Waals surface area (Å²) in [6.45, 7) is 1.11. The Morgan fingerprint density at radius 3 is 2.74 bits per heavy atom. The van der Waals surface area contributed by atoms with Crippen LogP contribution in [0.1, 0.15) is 37.7 Å². The number of methoxy groups -OCH3 is 1. The van der Waals surface area contributed by atoms with Gasteiger partial charge in [0.15, 0.2) is 5.79 Å². The number of aryl methyl sites for hydroxylation is 1. The summed E-state index contributed by atoms with van der Waals surface area (Å²) in [5.74, 6) is 0.535. The number of hydrogen-bond acceptors (Lipinski definition) is 4. The Labute approximate surface area is 137 Å². The van der Waals surface area contributed by atoms with Crippen molar-refractivity contribution in [1.29, 1.82) is 0 Å². The highest BCUT2D eigenvalue weighted by Gasteiger charge is 2.43. The Bertz CT molecular complexity index is 522. The molecule has 0 bridgehead atoms. The van der Waals surface area contributed by atoms with Crippen molar-refractivity contribution in [2.45, 2.75) is 50.4 Å². The van der Waals surface area contributed by atoms with Crippen molar-refractivity contribution in [3.8, 4) is 5.75 Å². The van der Waals surface area contributed by atoms with E-state index in [-0.39, 0.29) is 17.8 Å². The minimum atomic E-state index is -0.349. The van der Waals surface area contributed by atoms with Crippen molar-refractivity contribution in [3.05, 3.63) is 29.8 Å². The number of nitrogens with one attached hydrogen (secondary N) is 1. The first kappa shape index (κ1) is 16.3. The fourth-order valence-electron chi connectivity index (χ4n) is 3.26. The van der Waals surface area contributed by atoms with Crippen LogP contribution in [-0.4, -0.2) is 38.1 Å². The molecule has 1 aromatic rings. The van der Waals surface area contributed by atoms with Crippen LogP contribution < -0.4 is 10.1 Å². The highest BCUT2D eigenvalue weighted by molar-refractivity contribution is 5.76. The second-order valence-electron chi connectivity index (χ2n) is 6.32. The first-order chi connectivity index (χ1) is 11.2. The Morgan fingerprint density at radius 2 is 2.04 bits per heavy atom. The largest absolute Gasteiger partial charge is 0.497 e. The maximum Gasteiger partial charge on any atom is 0.220 e. The number of hydrogen-bond donors (Lipinski definition) is 1. The van der Waals surface area contributed by atoms with Gasteiger partial charge >= 0.3 is 0 Å². The van der Waals surface area contributed by atoms with E-state index in [9.17, 15) is 4.79 Å². The van der Waals surface area contributed by atoms with E-state index < -0.39 is 0 Å². The van der Waals surface area contributed by atoms with E-state index in [1.165, 1.54) is 12.8 Å². The van der Waals surface area contributed by atoms with Crippen molar-refractivity contribution in [3.63, 3.8) is 0 Å². The van der Waals surface area contributed by atoms with E-state index in [0.717, 1.165) is 30.6 Å². The van der Waals surface area contributed by atoms with Gasteiger partial charge in [-0.25, -0.2) is 0 Å². The van der Waals surface area contributed by atoms with Crippen LogP contribution in [0.25, 0.3) is 0 Å². The number of carbonyl (C=O) groups excluding carboxylic acids is 1. The summed E-state index contributed by atoms with van der Waals surface area (Å²) in [7, 11) is 1.65. The van der Waals surface area contributed by atoms with Gasteiger partial charge in [0, 0.05) is 25.8 Å². The number of benzene rings is 1. The molecule has 1 N–H and O–H groups in total. The van der Waals surface area contributed by atoms with Gasteiger partial charge in [-0.05, 0) is 37.0 Å². The molecule has 0 unspecified atom stereocenters. The third kappa shape index (κ3) is 4.24. The number of ether oxygens (including phenoxy) is 3. The van der Waals surface area contributed by atoms with E-state index in [0.29, 0.717) is 19.6 Å². The lowest BCUT2D eigenvalue weighted by Gasteiger charge is -2.21. The molecule has 1 atom stereocenters. The van der Waals surface area contributed by atoms with Gasteiger partial charge in [-0.3, -0.25) is 4.79 Å². The molecule has 23 heavy (non-hydrogen) atoms. The van der Waals surface area contributed by atoms with E-state index in [1.54, 1.807) is 7.11 Å². The average molecular weight is 319 g/mol. The molecule has 2 fully saturated rings. The van der Waals surface area contributed by atoms with Gasteiger partial charge in [-0.15, -0.1) is 0 Å². The lowest BCUT2D eigenvalue weighted by atomic mass is 10.1. The smallest absolute Gasteiger partial charge is 0.220 e.